The molecule has 1 unspecified atom stereocenters. The van der Waals surface area contributed by atoms with Crippen molar-refractivity contribution in [2.24, 2.45) is 0 Å². The van der Waals surface area contributed by atoms with Gasteiger partial charge in [0.05, 0.1) is 11.8 Å². The standard InChI is InChI=1S/C9H11N3O2/c1-3-7(5-10)11-9(13)8-4-6(2)12-14-8/h4,7H,3H2,1-2H3,(H,11,13). The van der Waals surface area contributed by atoms with Gasteiger partial charge in [0.15, 0.2) is 0 Å². The molecule has 1 amide bonds. The molecule has 0 aliphatic carbocycles. The summed E-state index contributed by atoms with van der Waals surface area (Å²) in [5.41, 5.74) is 0.639. The van der Waals surface area contributed by atoms with Gasteiger partial charge in [-0.15, -0.1) is 0 Å². The highest BCUT2D eigenvalue weighted by Crippen LogP contribution is 2.02. The van der Waals surface area contributed by atoms with Crippen LogP contribution in [0.2, 0.25) is 0 Å². The molecule has 1 aromatic rings. The monoisotopic (exact) mass is 193 g/mol. The van der Waals surface area contributed by atoms with Gasteiger partial charge in [-0.3, -0.25) is 4.79 Å². The minimum absolute atomic E-state index is 0.135. The lowest BCUT2D eigenvalue weighted by molar-refractivity contribution is 0.0907. The van der Waals surface area contributed by atoms with Crippen molar-refractivity contribution < 1.29 is 9.32 Å². The zero-order chi connectivity index (χ0) is 10.6. The molecule has 5 heteroatoms. The molecule has 1 atom stereocenters. The Morgan fingerprint density at radius 3 is 3.00 bits per heavy atom. The Morgan fingerprint density at radius 2 is 2.57 bits per heavy atom. The van der Waals surface area contributed by atoms with Crippen LogP contribution in [-0.4, -0.2) is 17.1 Å². The van der Waals surface area contributed by atoms with E-state index in [0.717, 1.165) is 0 Å². The van der Waals surface area contributed by atoms with E-state index in [-0.39, 0.29) is 5.76 Å². The van der Waals surface area contributed by atoms with E-state index in [1.807, 2.05) is 13.0 Å². The molecule has 0 fully saturated rings. The zero-order valence-corrected chi connectivity index (χ0v) is 8.07. The molecule has 0 bridgehead atoms. The lowest BCUT2D eigenvalue weighted by Crippen LogP contribution is -2.32. The van der Waals surface area contributed by atoms with E-state index in [1.165, 1.54) is 6.07 Å². The summed E-state index contributed by atoms with van der Waals surface area (Å²) in [6.07, 6.45) is 0.565. The molecule has 14 heavy (non-hydrogen) atoms. The molecule has 0 aliphatic rings. The summed E-state index contributed by atoms with van der Waals surface area (Å²) in [5, 5.41) is 14.7. The SMILES string of the molecule is CCC(C#N)NC(=O)c1cc(C)no1. The topological polar surface area (TPSA) is 78.9 Å². The van der Waals surface area contributed by atoms with E-state index in [1.54, 1.807) is 6.92 Å². The highest BCUT2D eigenvalue weighted by atomic mass is 16.5. The number of amides is 1. The lowest BCUT2D eigenvalue weighted by atomic mass is 10.2. The molecule has 74 valence electrons. The molecule has 1 N–H and O–H groups in total. The maximum atomic E-state index is 11.4. The Kier molecular flexibility index (Phi) is 3.24. The third kappa shape index (κ3) is 2.33. The molecule has 0 aromatic carbocycles. The Labute approximate surface area is 81.7 Å². The summed E-state index contributed by atoms with van der Waals surface area (Å²) >= 11 is 0. The normalized spacial score (nSPS) is 11.8. The number of hydrogen-bond donors (Lipinski definition) is 1. The van der Waals surface area contributed by atoms with Crippen LogP contribution in [0.5, 0.6) is 0 Å². The molecule has 0 saturated carbocycles. The molecule has 0 saturated heterocycles. The van der Waals surface area contributed by atoms with Crippen molar-refractivity contribution in [1.82, 2.24) is 10.5 Å². The van der Waals surface area contributed by atoms with Crippen molar-refractivity contribution in [3.05, 3.63) is 17.5 Å². The van der Waals surface area contributed by atoms with Gasteiger partial charge in [-0.05, 0) is 13.3 Å². The second-order valence-corrected chi connectivity index (χ2v) is 2.90. The van der Waals surface area contributed by atoms with Gasteiger partial charge < -0.3 is 9.84 Å². The van der Waals surface area contributed by atoms with Gasteiger partial charge in [-0.2, -0.15) is 5.26 Å². The first-order valence-electron chi connectivity index (χ1n) is 4.31. The van der Waals surface area contributed by atoms with Crippen molar-refractivity contribution in [2.45, 2.75) is 26.3 Å². The van der Waals surface area contributed by atoms with Gasteiger partial charge in [0.1, 0.15) is 6.04 Å². The second kappa shape index (κ2) is 4.42. The first-order chi connectivity index (χ1) is 6.67. The highest BCUT2D eigenvalue weighted by molar-refractivity contribution is 5.91. The first kappa shape index (κ1) is 10.3. The van der Waals surface area contributed by atoms with E-state index in [0.29, 0.717) is 12.1 Å². The van der Waals surface area contributed by atoms with Crippen LogP contribution in [0.1, 0.15) is 29.6 Å². The number of hydrogen-bond acceptors (Lipinski definition) is 4. The summed E-state index contributed by atoms with van der Waals surface area (Å²) < 4.78 is 4.74. The van der Waals surface area contributed by atoms with Gasteiger partial charge in [-0.25, -0.2) is 0 Å². The summed E-state index contributed by atoms with van der Waals surface area (Å²) in [6.45, 7) is 3.54. The molecule has 0 radical (unpaired) electrons. The van der Waals surface area contributed by atoms with Crippen LogP contribution in [0.3, 0.4) is 0 Å². The minimum Gasteiger partial charge on any atom is -0.351 e. The largest absolute Gasteiger partial charge is 0.351 e. The summed E-state index contributed by atoms with van der Waals surface area (Å²) in [5.74, 6) is -0.268. The molecular weight excluding hydrogens is 182 g/mol. The number of rotatable bonds is 3. The smallest absolute Gasteiger partial charge is 0.290 e. The molecular formula is C9H11N3O2. The molecule has 1 aromatic heterocycles. The Balaban J connectivity index is 2.64. The van der Waals surface area contributed by atoms with Gasteiger partial charge in [0, 0.05) is 6.07 Å². The van der Waals surface area contributed by atoms with Crippen LogP contribution in [-0.2, 0) is 0 Å². The average molecular weight is 193 g/mol. The van der Waals surface area contributed by atoms with Crippen molar-refractivity contribution in [3.8, 4) is 6.07 Å². The van der Waals surface area contributed by atoms with E-state index >= 15 is 0 Å². The first-order valence-corrected chi connectivity index (χ1v) is 4.31. The summed E-state index contributed by atoms with van der Waals surface area (Å²) in [4.78, 5) is 11.4. The molecule has 0 spiro atoms. The number of aromatic nitrogens is 1. The Bertz CT molecular complexity index is 364. The fourth-order valence-electron chi connectivity index (χ4n) is 0.926. The number of carbonyl (C=O) groups is 1. The lowest BCUT2D eigenvalue weighted by Gasteiger charge is -2.05. The van der Waals surface area contributed by atoms with Crippen LogP contribution in [0.4, 0.5) is 0 Å². The van der Waals surface area contributed by atoms with Crippen molar-refractivity contribution in [2.75, 3.05) is 0 Å². The fourth-order valence-corrected chi connectivity index (χ4v) is 0.926. The van der Waals surface area contributed by atoms with Crippen LogP contribution < -0.4 is 5.32 Å². The van der Waals surface area contributed by atoms with Crippen molar-refractivity contribution in [3.63, 3.8) is 0 Å². The maximum Gasteiger partial charge on any atom is 0.290 e. The molecule has 1 heterocycles. The maximum absolute atomic E-state index is 11.4. The third-order valence-corrected chi connectivity index (χ3v) is 1.72. The number of aryl methyl sites for hydroxylation is 1. The quantitative estimate of drug-likeness (QED) is 0.777. The van der Waals surface area contributed by atoms with E-state index in [9.17, 15) is 4.79 Å². The van der Waals surface area contributed by atoms with E-state index in [2.05, 4.69) is 10.5 Å². The van der Waals surface area contributed by atoms with E-state index in [4.69, 9.17) is 9.78 Å². The molecule has 1 rings (SSSR count). The zero-order valence-electron chi connectivity index (χ0n) is 8.07. The fraction of sp³-hybridized carbons (Fsp3) is 0.444. The van der Waals surface area contributed by atoms with Crippen LogP contribution in [0, 0.1) is 18.3 Å². The van der Waals surface area contributed by atoms with Gasteiger partial charge in [0.2, 0.25) is 5.76 Å². The van der Waals surface area contributed by atoms with Gasteiger partial charge >= 0.3 is 0 Å². The summed E-state index contributed by atoms with van der Waals surface area (Å²) in [7, 11) is 0. The predicted octanol–water partition coefficient (Wildman–Crippen LogP) is 1.01. The predicted molar refractivity (Wildman–Crippen MR) is 48.4 cm³/mol. The third-order valence-electron chi connectivity index (χ3n) is 1.72. The van der Waals surface area contributed by atoms with Crippen LogP contribution in [0.15, 0.2) is 10.6 Å². The molecule has 5 nitrogen and oxygen atoms in total. The Morgan fingerprint density at radius 1 is 1.86 bits per heavy atom. The summed E-state index contributed by atoms with van der Waals surface area (Å²) in [6, 6.07) is 3.01. The van der Waals surface area contributed by atoms with Crippen LogP contribution in [0.25, 0.3) is 0 Å². The number of carbonyl (C=O) groups excluding carboxylic acids is 1. The second-order valence-electron chi connectivity index (χ2n) is 2.90. The number of nitriles is 1. The molecule has 0 aliphatic heterocycles. The van der Waals surface area contributed by atoms with E-state index < -0.39 is 11.9 Å². The van der Waals surface area contributed by atoms with Gasteiger partial charge in [-0.1, -0.05) is 12.1 Å². The Hall–Kier alpha value is -1.83. The average Bonchev–Trinajstić information content (AvgIpc) is 2.61. The highest BCUT2D eigenvalue weighted by Gasteiger charge is 2.14. The number of nitrogens with one attached hydrogen (secondary N) is 1. The van der Waals surface area contributed by atoms with Crippen molar-refractivity contribution in [1.29, 1.82) is 5.26 Å². The minimum atomic E-state index is -0.479. The van der Waals surface area contributed by atoms with Crippen LogP contribution >= 0.6 is 0 Å². The van der Waals surface area contributed by atoms with Crippen molar-refractivity contribution >= 4 is 5.91 Å². The van der Waals surface area contributed by atoms with Gasteiger partial charge in [0.25, 0.3) is 5.91 Å². The number of nitrogens with zero attached hydrogens (tertiary/aromatic N) is 2.